The number of para-hydroxylation sites is 3. The molecule has 2 aliphatic carbocycles. The first-order valence-corrected chi connectivity index (χ1v) is 52.6. The van der Waals surface area contributed by atoms with Crippen molar-refractivity contribution in [2.24, 2.45) is 0 Å². The summed E-state index contributed by atoms with van der Waals surface area (Å²) in [5.41, 5.74) is 53.7. The molecule has 0 aromatic heterocycles. The van der Waals surface area contributed by atoms with Crippen LogP contribution in [0.3, 0.4) is 0 Å². The number of benzene rings is 20. The zero-order chi connectivity index (χ0) is 100. The van der Waals surface area contributed by atoms with Crippen LogP contribution in [-0.2, 0) is 32.5 Å². The number of anilines is 12. The highest BCUT2D eigenvalue weighted by Crippen LogP contribution is 2.66. The summed E-state index contributed by atoms with van der Waals surface area (Å²) in [6.45, 7) is 34.9. The van der Waals surface area contributed by atoms with Crippen molar-refractivity contribution in [2.45, 2.75) is 136 Å². The Morgan fingerprint density at radius 2 is 0.449 bits per heavy atom. The maximum Gasteiger partial charge on any atom is 0.252 e. The second-order valence-corrected chi connectivity index (χ2v) is 46.6. The van der Waals surface area contributed by atoms with Crippen LogP contribution in [0.4, 0.5) is 68.2 Å². The number of fused-ring (bicyclic) bond motifs is 18. The zero-order valence-electron chi connectivity index (χ0n) is 86.6. The molecule has 20 aromatic carbocycles. The largest absolute Gasteiger partial charge is 0.311 e. The highest BCUT2D eigenvalue weighted by atomic mass is 15.2. The van der Waals surface area contributed by atoms with E-state index in [2.05, 4.69) is 566 Å². The number of rotatable bonds is 12. The molecule has 147 heavy (non-hydrogen) atoms. The van der Waals surface area contributed by atoms with E-state index in [0.717, 1.165) is 146 Å². The summed E-state index contributed by atoms with van der Waals surface area (Å²) in [7, 11) is 0. The van der Waals surface area contributed by atoms with E-state index < -0.39 is 5.41 Å². The Bertz CT molecular complexity index is 8530. The fourth-order valence-corrected chi connectivity index (χ4v) is 25.3. The second kappa shape index (κ2) is 33.9. The Labute approximate surface area is 868 Å². The van der Waals surface area contributed by atoms with Crippen molar-refractivity contribution in [1.82, 2.24) is 0 Å². The average molecular weight is 1890 g/mol. The average Bonchev–Trinajstić information content (AvgIpc) is 1.61. The third-order valence-corrected chi connectivity index (χ3v) is 32.5. The smallest absolute Gasteiger partial charge is 0.252 e. The van der Waals surface area contributed by atoms with Crippen LogP contribution in [0.1, 0.15) is 154 Å². The van der Waals surface area contributed by atoms with Crippen molar-refractivity contribution >= 4 is 114 Å². The Kier molecular flexibility index (Phi) is 20.9. The predicted octanol–water partition coefficient (Wildman–Crippen LogP) is 34.0. The summed E-state index contributed by atoms with van der Waals surface area (Å²) in [6, 6.07) is 173. The summed E-state index contributed by atoms with van der Waals surface area (Å²) >= 11 is 0. The molecule has 0 unspecified atom stereocenters. The molecule has 708 valence electrons. The molecular weight excluding hydrogens is 1770 g/mol. The van der Waals surface area contributed by atoms with E-state index >= 15 is 0 Å². The van der Waals surface area contributed by atoms with Gasteiger partial charge in [0.2, 0.25) is 0 Å². The molecular formula is C141H118B2N4. The summed E-state index contributed by atoms with van der Waals surface area (Å²) in [6.07, 6.45) is 0. The lowest BCUT2D eigenvalue weighted by molar-refractivity contribution is 0.569. The molecule has 0 atom stereocenters. The molecule has 26 rings (SSSR count). The van der Waals surface area contributed by atoms with E-state index in [9.17, 15) is 0 Å². The van der Waals surface area contributed by atoms with Crippen molar-refractivity contribution in [3.63, 3.8) is 0 Å². The van der Waals surface area contributed by atoms with Gasteiger partial charge in [-0.05, 0) is 273 Å². The lowest BCUT2D eigenvalue weighted by Gasteiger charge is -2.48. The highest BCUT2D eigenvalue weighted by molar-refractivity contribution is 7.03. The molecule has 0 radical (unpaired) electrons. The highest BCUT2D eigenvalue weighted by Gasteiger charge is 2.55. The first-order chi connectivity index (χ1) is 71.1. The maximum absolute atomic E-state index is 2.78. The third-order valence-electron chi connectivity index (χ3n) is 32.5. The van der Waals surface area contributed by atoms with Crippen molar-refractivity contribution in [1.29, 1.82) is 0 Å². The summed E-state index contributed by atoms with van der Waals surface area (Å²) in [4.78, 5) is 11.1. The SMILES string of the molecule is CC(C)(C)c1cc(-c2cc3c4c(c2)N(c2c(-c5ccccc5)cc(C(C)(C)C)cc2-c2ccccc2)c2ccccc2B4c2cc4c(cc2N3c2ccc(C(C)(C)C)cc2-c2ccccc2)N(c2ccccc2-c2ccccc2)c2cc(-c3cccc5c3C3(c6ccccc6-c6ccccc63)c3ccccc3-5)cc3c2B4c2ccccc2N3c2c(-c3ccccc3)cc(C(C)(C)C)cc2-c2ccccc2)cc(C(C)(C)C)c1. The second-order valence-electron chi connectivity index (χ2n) is 46.6. The van der Waals surface area contributed by atoms with Crippen LogP contribution in [0.15, 0.2) is 443 Å². The van der Waals surface area contributed by atoms with Gasteiger partial charge in [-0.2, -0.15) is 0 Å². The van der Waals surface area contributed by atoms with Crippen LogP contribution in [-0.4, -0.2) is 13.4 Å². The minimum atomic E-state index is -0.708. The van der Waals surface area contributed by atoms with Crippen LogP contribution in [0.5, 0.6) is 0 Å². The van der Waals surface area contributed by atoms with E-state index in [-0.39, 0.29) is 40.5 Å². The van der Waals surface area contributed by atoms with Gasteiger partial charge in [-0.25, -0.2) is 0 Å². The summed E-state index contributed by atoms with van der Waals surface area (Å²) in [5.74, 6) is 0. The quantitative estimate of drug-likeness (QED) is 0.113. The Morgan fingerprint density at radius 1 is 0.163 bits per heavy atom. The molecule has 0 N–H and O–H groups in total. The van der Waals surface area contributed by atoms with E-state index in [4.69, 9.17) is 0 Å². The van der Waals surface area contributed by atoms with Crippen LogP contribution in [0.25, 0.3) is 111 Å². The molecule has 0 amide bonds. The van der Waals surface area contributed by atoms with E-state index in [0.29, 0.717) is 0 Å². The monoisotopic (exact) mass is 1890 g/mol. The van der Waals surface area contributed by atoms with E-state index in [1.165, 1.54) is 116 Å². The van der Waals surface area contributed by atoms with E-state index in [1.54, 1.807) is 0 Å². The molecule has 1 spiro atoms. The van der Waals surface area contributed by atoms with Crippen LogP contribution < -0.4 is 52.4 Å². The Hall–Kier alpha value is -16.3. The standard InChI is InChI=1S/C141H118B2N4/c1-136(2,3)98-73-74-122(109(82-98)90-49-24-17-25-50-90)145-126-88-125-119(87-120(126)142-117-68-41-44-71-123(117)146(129-78-96(77-127(145)132(129)142)95-75-99(137(4,5)6)81-100(76-95)138(7,8)9)134-110(91-51-26-18-27-52-91)83-101(139(10,11)12)84-111(134)92-53-28-19-29-54-92)143-118-69-42-45-72-124(118)147(135-112(93-55-30-20-31-56-93)85-102(140(13,14)15)86-113(135)94-57-32-21-33-58-94)130-80-97(79-128(133(130)143)144(125)121-70-43-37-59-103(121)89-47-22-16-23-48-89)104-63-46-64-108-107-62-36-40-67-116(107)141(131(104)108)114-65-38-34-60-105(114)106-61-35-39-66-115(106)141/h16-88H,1-15H3. The maximum atomic E-state index is 2.78. The molecule has 0 bridgehead atoms. The van der Waals surface area contributed by atoms with Crippen molar-refractivity contribution in [3.05, 3.63) is 493 Å². The third kappa shape index (κ3) is 14.4. The molecule has 6 aliphatic rings. The lowest BCUT2D eigenvalue weighted by Crippen LogP contribution is -2.65. The van der Waals surface area contributed by atoms with Crippen LogP contribution in [0.2, 0.25) is 0 Å². The molecule has 4 nitrogen and oxygen atoms in total. The summed E-state index contributed by atoms with van der Waals surface area (Å²) < 4.78 is 0. The number of hydrogen-bond acceptors (Lipinski definition) is 4. The Balaban J connectivity index is 0.851. The van der Waals surface area contributed by atoms with Gasteiger partial charge < -0.3 is 19.6 Å². The van der Waals surface area contributed by atoms with Crippen molar-refractivity contribution in [3.8, 4) is 111 Å². The molecule has 6 heteroatoms. The van der Waals surface area contributed by atoms with Gasteiger partial charge in [0.1, 0.15) is 0 Å². The molecule has 0 saturated heterocycles. The van der Waals surface area contributed by atoms with Gasteiger partial charge in [-0.15, -0.1) is 0 Å². The van der Waals surface area contributed by atoms with E-state index in [1.807, 2.05) is 0 Å². The van der Waals surface area contributed by atoms with Crippen LogP contribution >= 0.6 is 0 Å². The van der Waals surface area contributed by atoms with Crippen molar-refractivity contribution in [2.75, 3.05) is 19.6 Å². The fraction of sp³-hybridized carbons (Fsp3) is 0.149. The van der Waals surface area contributed by atoms with Gasteiger partial charge in [0.25, 0.3) is 13.4 Å². The molecule has 0 fully saturated rings. The van der Waals surface area contributed by atoms with Crippen LogP contribution in [0, 0.1) is 0 Å². The molecule has 4 heterocycles. The van der Waals surface area contributed by atoms with Gasteiger partial charge in [0, 0.05) is 78.9 Å². The van der Waals surface area contributed by atoms with Crippen molar-refractivity contribution < 1.29 is 0 Å². The zero-order valence-corrected chi connectivity index (χ0v) is 86.6. The van der Waals surface area contributed by atoms with Gasteiger partial charge in [0.05, 0.1) is 28.2 Å². The number of hydrogen-bond donors (Lipinski definition) is 0. The normalized spacial score (nSPS) is 13.8. The fourth-order valence-electron chi connectivity index (χ4n) is 25.3. The Morgan fingerprint density at radius 3 is 0.844 bits per heavy atom. The molecule has 0 saturated carbocycles. The van der Waals surface area contributed by atoms with Gasteiger partial charge in [-0.3, -0.25) is 0 Å². The van der Waals surface area contributed by atoms with Gasteiger partial charge in [0.15, 0.2) is 0 Å². The number of nitrogens with zero attached hydrogens (tertiary/aromatic N) is 4. The first-order valence-electron chi connectivity index (χ1n) is 52.6. The first kappa shape index (κ1) is 90.7. The van der Waals surface area contributed by atoms with Gasteiger partial charge >= 0.3 is 0 Å². The topological polar surface area (TPSA) is 13.0 Å². The summed E-state index contributed by atoms with van der Waals surface area (Å²) in [5, 5.41) is 0. The predicted molar refractivity (Wildman–Crippen MR) is 628 cm³/mol. The lowest BCUT2D eigenvalue weighted by atomic mass is 9.30. The molecule has 20 aromatic rings. The minimum Gasteiger partial charge on any atom is -0.311 e. The minimum absolute atomic E-state index is 0.207. The molecule has 4 aliphatic heterocycles. The van der Waals surface area contributed by atoms with Gasteiger partial charge in [-0.1, -0.05) is 462 Å².